The first-order chi connectivity index (χ1) is 9.95. The predicted molar refractivity (Wildman–Crippen MR) is 93.8 cm³/mol. The zero-order valence-electron chi connectivity index (χ0n) is 10.8. The summed E-state index contributed by atoms with van der Waals surface area (Å²) < 4.78 is 28.8. The third-order valence-corrected chi connectivity index (χ3v) is 7.35. The molecule has 1 aromatic carbocycles. The summed E-state index contributed by atoms with van der Waals surface area (Å²) in [7, 11) is -3.59. The minimum Gasteiger partial charge on any atom is -0.385 e. The highest BCUT2D eigenvalue weighted by Crippen LogP contribution is 2.36. The van der Waals surface area contributed by atoms with Gasteiger partial charge in [-0.2, -0.15) is 0 Å². The van der Waals surface area contributed by atoms with Crippen LogP contribution in [0.2, 0.25) is 0 Å². The zero-order valence-corrected chi connectivity index (χ0v) is 15.6. The molecule has 0 amide bonds. The van der Waals surface area contributed by atoms with E-state index in [1.165, 1.54) is 16.9 Å². The third-order valence-electron chi connectivity index (χ3n) is 3.22. The van der Waals surface area contributed by atoms with Crippen molar-refractivity contribution in [2.75, 3.05) is 16.6 Å². The molecule has 0 atom stereocenters. The Morgan fingerprint density at radius 2 is 2.05 bits per heavy atom. The van der Waals surface area contributed by atoms with Crippen LogP contribution in [0.3, 0.4) is 0 Å². The van der Waals surface area contributed by atoms with Crippen molar-refractivity contribution in [3.8, 4) is 0 Å². The Labute approximate surface area is 144 Å². The van der Waals surface area contributed by atoms with E-state index in [2.05, 4.69) is 41.9 Å². The maximum atomic E-state index is 12.4. The monoisotopic (exact) mass is 450 g/mol. The molecule has 0 unspecified atom stereocenters. The normalized spacial score (nSPS) is 14.4. The minimum atomic E-state index is -3.59. The molecular weight excluding hydrogens is 440 g/mol. The number of anilines is 2. The standard InChI is InChI=1S/C13H12Br2N2O2S2/c14-12-7-11(13(15)20-12)21(18,19)17-9-4-3-8-2-1-5-16-10(8)6-9/h3-4,6-7,16-17H,1-2,5H2. The molecule has 2 heterocycles. The second kappa shape index (κ2) is 5.91. The highest BCUT2D eigenvalue weighted by Gasteiger charge is 2.21. The van der Waals surface area contributed by atoms with Crippen LogP contribution in [0.15, 0.2) is 36.7 Å². The summed E-state index contributed by atoms with van der Waals surface area (Å²) in [5, 5.41) is 3.29. The van der Waals surface area contributed by atoms with Gasteiger partial charge in [-0.25, -0.2) is 8.42 Å². The molecule has 0 fully saturated rings. The molecule has 0 bridgehead atoms. The highest BCUT2D eigenvalue weighted by molar-refractivity contribution is 9.12. The fourth-order valence-electron chi connectivity index (χ4n) is 2.24. The fraction of sp³-hybridized carbons (Fsp3) is 0.231. The van der Waals surface area contributed by atoms with E-state index in [4.69, 9.17) is 0 Å². The molecule has 2 N–H and O–H groups in total. The maximum absolute atomic E-state index is 12.4. The molecule has 2 aromatic rings. The van der Waals surface area contributed by atoms with Crippen molar-refractivity contribution in [1.29, 1.82) is 0 Å². The molecular formula is C13H12Br2N2O2S2. The first kappa shape index (κ1) is 15.3. The molecule has 1 aromatic heterocycles. The van der Waals surface area contributed by atoms with Crippen molar-refractivity contribution in [3.63, 3.8) is 0 Å². The number of thiophene rings is 1. The summed E-state index contributed by atoms with van der Waals surface area (Å²) in [6.45, 7) is 0.923. The topological polar surface area (TPSA) is 58.2 Å². The molecule has 4 nitrogen and oxygen atoms in total. The Hall–Kier alpha value is -0.570. The van der Waals surface area contributed by atoms with Crippen LogP contribution in [0.1, 0.15) is 12.0 Å². The van der Waals surface area contributed by atoms with E-state index in [9.17, 15) is 8.42 Å². The van der Waals surface area contributed by atoms with Crippen molar-refractivity contribution in [2.24, 2.45) is 0 Å². The van der Waals surface area contributed by atoms with Gasteiger partial charge in [0.25, 0.3) is 10.0 Å². The first-order valence-electron chi connectivity index (χ1n) is 6.30. The van der Waals surface area contributed by atoms with Gasteiger partial charge in [-0.15, -0.1) is 11.3 Å². The van der Waals surface area contributed by atoms with Gasteiger partial charge in [-0.1, -0.05) is 6.07 Å². The molecule has 3 rings (SSSR count). The van der Waals surface area contributed by atoms with E-state index in [1.807, 2.05) is 12.1 Å². The second-order valence-corrected chi connectivity index (χ2v) is 10.1. The van der Waals surface area contributed by atoms with Crippen LogP contribution in [0.5, 0.6) is 0 Å². The lowest BCUT2D eigenvalue weighted by molar-refractivity contribution is 0.601. The van der Waals surface area contributed by atoms with Crippen LogP contribution in [0.25, 0.3) is 0 Å². The molecule has 1 aliphatic heterocycles. The van der Waals surface area contributed by atoms with Gasteiger partial charge in [0.05, 0.1) is 13.3 Å². The molecule has 0 radical (unpaired) electrons. The zero-order chi connectivity index (χ0) is 15.0. The van der Waals surface area contributed by atoms with Crippen LogP contribution >= 0.6 is 43.2 Å². The Kier molecular flexibility index (Phi) is 4.31. The number of sulfonamides is 1. The predicted octanol–water partition coefficient (Wildman–Crippen LogP) is 4.43. The Morgan fingerprint density at radius 1 is 1.24 bits per heavy atom. The molecule has 112 valence electrons. The lowest BCUT2D eigenvalue weighted by Gasteiger charge is -2.19. The minimum absolute atomic E-state index is 0.241. The van der Waals surface area contributed by atoms with Crippen molar-refractivity contribution >= 4 is 64.6 Å². The van der Waals surface area contributed by atoms with E-state index >= 15 is 0 Å². The SMILES string of the molecule is O=S(=O)(Nc1ccc2c(c1)NCCC2)c1cc(Br)sc1Br. The van der Waals surface area contributed by atoms with E-state index in [1.54, 1.807) is 12.1 Å². The number of hydrogen-bond acceptors (Lipinski definition) is 4. The molecule has 0 aliphatic carbocycles. The number of benzene rings is 1. The maximum Gasteiger partial charge on any atom is 0.263 e. The van der Waals surface area contributed by atoms with Crippen molar-refractivity contribution in [2.45, 2.75) is 17.7 Å². The molecule has 8 heteroatoms. The Bertz CT molecular complexity index is 787. The van der Waals surface area contributed by atoms with Crippen molar-refractivity contribution < 1.29 is 8.42 Å². The van der Waals surface area contributed by atoms with Crippen molar-refractivity contribution in [3.05, 3.63) is 37.4 Å². The fourth-order valence-corrected chi connectivity index (χ4v) is 7.11. The van der Waals surface area contributed by atoms with Crippen LogP contribution in [-0.4, -0.2) is 15.0 Å². The Balaban J connectivity index is 1.90. The lowest BCUT2D eigenvalue weighted by atomic mass is 10.0. The largest absolute Gasteiger partial charge is 0.385 e. The number of halogens is 2. The summed E-state index contributed by atoms with van der Waals surface area (Å²) in [6.07, 6.45) is 2.13. The lowest BCUT2D eigenvalue weighted by Crippen LogP contribution is -2.15. The number of nitrogens with one attached hydrogen (secondary N) is 2. The number of hydrogen-bond donors (Lipinski definition) is 2. The van der Waals surface area contributed by atoms with Gasteiger partial charge in [-0.05, 0) is 68.5 Å². The average molecular weight is 452 g/mol. The molecule has 0 saturated heterocycles. The highest BCUT2D eigenvalue weighted by atomic mass is 79.9. The van der Waals surface area contributed by atoms with E-state index < -0.39 is 10.0 Å². The van der Waals surface area contributed by atoms with Gasteiger partial charge >= 0.3 is 0 Å². The number of rotatable bonds is 3. The van der Waals surface area contributed by atoms with E-state index in [-0.39, 0.29) is 4.90 Å². The molecule has 0 saturated carbocycles. The number of fused-ring (bicyclic) bond motifs is 1. The molecule has 1 aliphatic rings. The van der Waals surface area contributed by atoms with Gasteiger partial charge in [0.1, 0.15) is 4.90 Å². The molecule has 21 heavy (non-hydrogen) atoms. The van der Waals surface area contributed by atoms with Crippen LogP contribution in [-0.2, 0) is 16.4 Å². The smallest absolute Gasteiger partial charge is 0.263 e. The summed E-state index contributed by atoms with van der Waals surface area (Å²) in [6, 6.07) is 7.21. The quantitative estimate of drug-likeness (QED) is 0.725. The summed E-state index contributed by atoms with van der Waals surface area (Å²) in [5.41, 5.74) is 2.80. The third kappa shape index (κ3) is 3.28. The van der Waals surface area contributed by atoms with Gasteiger partial charge in [0, 0.05) is 12.2 Å². The van der Waals surface area contributed by atoms with Gasteiger partial charge in [0.2, 0.25) is 0 Å². The van der Waals surface area contributed by atoms with Gasteiger partial charge in [0.15, 0.2) is 0 Å². The second-order valence-electron chi connectivity index (χ2n) is 4.70. The number of aryl methyl sites for hydroxylation is 1. The van der Waals surface area contributed by atoms with E-state index in [0.29, 0.717) is 9.47 Å². The summed E-state index contributed by atoms with van der Waals surface area (Å²) in [4.78, 5) is 0.241. The summed E-state index contributed by atoms with van der Waals surface area (Å²) in [5.74, 6) is 0. The average Bonchev–Trinajstić information content (AvgIpc) is 2.78. The van der Waals surface area contributed by atoms with Crippen LogP contribution in [0.4, 0.5) is 11.4 Å². The van der Waals surface area contributed by atoms with E-state index in [0.717, 1.165) is 28.9 Å². The first-order valence-corrected chi connectivity index (χ1v) is 10.2. The van der Waals surface area contributed by atoms with Gasteiger partial charge < -0.3 is 5.32 Å². The van der Waals surface area contributed by atoms with Crippen LogP contribution in [0, 0.1) is 0 Å². The molecule has 0 spiro atoms. The summed E-state index contributed by atoms with van der Waals surface area (Å²) >= 11 is 7.91. The Morgan fingerprint density at radius 3 is 2.76 bits per heavy atom. The van der Waals surface area contributed by atoms with Crippen LogP contribution < -0.4 is 10.0 Å². The van der Waals surface area contributed by atoms with Gasteiger partial charge in [-0.3, -0.25) is 4.72 Å². The van der Waals surface area contributed by atoms with Crippen molar-refractivity contribution in [1.82, 2.24) is 0 Å².